The molecular weight excluding hydrogens is 448 g/mol. The molecule has 0 aliphatic carbocycles. The standard InChI is InChI=1S/C20H14O5S4/c21-17(19(23,13-5-1-9-26-13)14-6-2-10-27-14)25-18(22)20(24,15-7-3-11-28-15)16-8-4-12-29-16/h1-12,23-24H. The average molecular weight is 463 g/mol. The van der Waals surface area contributed by atoms with E-state index in [1.54, 1.807) is 70.1 Å². The molecule has 4 aromatic heterocycles. The van der Waals surface area contributed by atoms with Gasteiger partial charge in [0.1, 0.15) is 0 Å². The highest BCUT2D eigenvalue weighted by molar-refractivity contribution is 7.12. The van der Waals surface area contributed by atoms with E-state index in [1.807, 2.05) is 0 Å². The second-order valence-corrected chi connectivity index (χ2v) is 9.80. The van der Waals surface area contributed by atoms with Crippen molar-refractivity contribution < 1.29 is 24.5 Å². The predicted octanol–water partition coefficient (Wildman–Crippen LogP) is 4.17. The Hall–Kier alpha value is -2.14. The molecule has 0 saturated carbocycles. The number of carbonyl (C=O) groups excluding carboxylic acids is 2. The zero-order valence-electron chi connectivity index (χ0n) is 14.7. The molecule has 4 rings (SSSR count). The van der Waals surface area contributed by atoms with Crippen LogP contribution in [-0.4, -0.2) is 22.2 Å². The number of thiophene rings is 4. The quantitative estimate of drug-likeness (QED) is 0.332. The summed E-state index contributed by atoms with van der Waals surface area (Å²) in [6, 6.07) is 13.2. The normalized spacial score (nSPS) is 12.1. The molecule has 0 radical (unpaired) electrons. The summed E-state index contributed by atoms with van der Waals surface area (Å²) in [6.45, 7) is 0. The minimum Gasteiger partial charge on any atom is -0.388 e. The van der Waals surface area contributed by atoms with Crippen molar-refractivity contribution in [2.24, 2.45) is 0 Å². The molecule has 0 unspecified atom stereocenters. The highest BCUT2D eigenvalue weighted by Gasteiger charge is 2.50. The molecule has 0 aliphatic rings. The zero-order valence-corrected chi connectivity index (χ0v) is 17.9. The fourth-order valence-electron chi connectivity index (χ4n) is 2.81. The Morgan fingerprint density at radius 2 is 0.897 bits per heavy atom. The maximum Gasteiger partial charge on any atom is 0.357 e. The van der Waals surface area contributed by atoms with Crippen LogP contribution in [0, 0.1) is 0 Å². The van der Waals surface area contributed by atoms with Gasteiger partial charge in [-0.25, -0.2) is 9.59 Å². The minimum absolute atomic E-state index is 0.327. The second-order valence-electron chi connectivity index (χ2n) is 6.01. The van der Waals surface area contributed by atoms with Gasteiger partial charge in [0, 0.05) is 0 Å². The van der Waals surface area contributed by atoms with Gasteiger partial charge in [0.25, 0.3) is 0 Å². The number of rotatable bonds is 6. The topological polar surface area (TPSA) is 83.8 Å². The van der Waals surface area contributed by atoms with Crippen LogP contribution in [0.2, 0.25) is 0 Å². The van der Waals surface area contributed by atoms with E-state index in [0.717, 1.165) is 0 Å². The molecule has 0 saturated heterocycles. The van der Waals surface area contributed by atoms with E-state index in [-0.39, 0.29) is 0 Å². The Morgan fingerprint density at radius 3 is 1.10 bits per heavy atom. The fourth-order valence-corrected chi connectivity index (χ4v) is 6.24. The molecule has 9 heteroatoms. The van der Waals surface area contributed by atoms with Gasteiger partial charge in [0.2, 0.25) is 11.2 Å². The van der Waals surface area contributed by atoms with Crippen molar-refractivity contribution >= 4 is 57.3 Å². The zero-order chi connectivity index (χ0) is 20.5. The van der Waals surface area contributed by atoms with Crippen LogP contribution in [0.1, 0.15) is 19.5 Å². The number of hydrogen-bond acceptors (Lipinski definition) is 9. The molecule has 2 N–H and O–H groups in total. The van der Waals surface area contributed by atoms with Crippen molar-refractivity contribution in [3.63, 3.8) is 0 Å². The lowest BCUT2D eigenvalue weighted by molar-refractivity contribution is -0.180. The molecule has 5 nitrogen and oxygen atoms in total. The first-order chi connectivity index (χ1) is 14.0. The Bertz CT molecular complexity index is 923. The van der Waals surface area contributed by atoms with Crippen molar-refractivity contribution in [2.75, 3.05) is 0 Å². The largest absolute Gasteiger partial charge is 0.388 e. The van der Waals surface area contributed by atoms with Gasteiger partial charge in [-0.3, -0.25) is 0 Å². The van der Waals surface area contributed by atoms with Crippen LogP contribution in [0.25, 0.3) is 0 Å². The third kappa shape index (κ3) is 3.39. The molecular formula is C20H14O5S4. The lowest BCUT2D eigenvalue weighted by Crippen LogP contribution is -2.44. The van der Waals surface area contributed by atoms with Gasteiger partial charge in [-0.2, -0.15) is 0 Å². The molecule has 29 heavy (non-hydrogen) atoms. The van der Waals surface area contributed by atoms with Crippen molar-refractivity contribution in [3.8, 4) is 0 Å². The molecule has 0 bridgehead atoms. The molecule has 0 spiro atoms. The smallest absolute Gasteiger partial charge is 0.357 e. The third-order valence-corrected chi connectivity index (χ3v) is 8.20. The van der Waals surface area contributed by atoms with E-state index >= 15 is 0 Å². The maximum atomic E-state index is 13.1. The first kappa shape index (κ1) is 20.1. The SMILES string of the molecule is O=C(OC(=O)C(O)(c1cccs1)c1cccs1)C(O)(c1cccs1)c1cccs1. The van der Waals surface area contributed by atoms with Crippen LogP contribution < -0.4 is 0 Å². The first-order valence-corrected chi connectivity index (χ1v) is 11.9. The molecule has 4 aromatic rings. The number of aliphatic hydroxyl groups is 2. The summed E-state index contributed by atoms with van der Waals surface area (Å²) in [6.07, 6.45) is 0. The number of ether oxygens (including phenoxy) is 1. The number of esters is 2. The van der Waals surface area contributed by atoms with Crippen LogP contribution in [-0.2, 0) is 25.5 Å². The van der Waals surface area contributed by atoms with E-state index in [2.05, 4.69) is 0 Å². The van der Waals surface area contributed by atoms with Gasteiger partial charge in [-0.1, -0.05) is 24.3 Å². The van der Waals surface area contributed by atoms with Crippen molar-refractivity contribution in [1.29, 1.82) is 0 Å². The van der Waals surface area contributed by atoms with Gasteiger partial charge >= 0.3 is 11.9 Å². The van der Waals surface area contributed by atoms with Gasteiger partial charge < -0.3 is 14.9 Å². The Kier molecular flexibility index (Phi) is 5.52. The average Bonchev–Trinajstić information content (AvgIpc) is 3.55. The lowest BCUT2D eigenvalue weighted by atomic mass is 9.98. The summed E-state index contributed by atoms with van der Waals surface area (Å²) in [5.41, 5.74) is -4.27. The number of hydrogen-bond donors (Lipinski definition) is 2. The Morgan fingerprint density at radius 1 is 0.621 bits per heavy atom. The van der Waals surface area contributed by atoms with Crippen LogP contribution in [0.4, 0.5) is 0 Å². The lowest BCUT2D eigenvalue weighted by Gasteiger charge is -2.27. The van der Waals surface area contributed by atoms with Crippen LogP contribution in [0.15, 0.2) is 70.1 Å². The Labute approximate surface area is 182 Å². The predicted molar refractivity (Wildman–Crippen MR) is 114 cm³/mol. The number of carbonyl (C=O) groups is 2. The summed E-state index contributed by atoms with van der Waals surface area (Å²) in [5, 5.41) is 29.5. The Balaban J connectivity index is 1.72. The van der Waals surface area contributed by atoms with E-state index in [9.17, 15) is 19.8 Å². The minimum atomic E-state index is -2.14. The van der Waals surface area contributed by atoms with Crippen molar-refractivity contribution in [1.82, 2.24) is 0 Å². The van der Waals surface area contributed by atoms with E-state index in [4.69, 9.17) is 4.74 Å². The first-order valence-electron chi connectivity index (χ1n) is 8.34. The van der Waals surface area contributed by atoms with Gasteiger partial charge in [-0.05, 0) is 45.8 Å². The molecule has 0 atom stereocenters. The molecule has 0 fully saturated rings. The van der Waals surface area contributed by atoms with E-state index in [1.165, 1.54) is 45.3 Å². The van der Waals surface area contributed by atoms with Gasteiger partial charge in [0.05, 0.1) is 19.5 Å². The summed E-state index contributed by atoms with van der Waals surface area (Å²) in [7, 11) is 0. The fraction of sp³-hybridized carbons (Fsp3) is 0.100. The van der Waals surface area contributed by atoms with Crippen molar-refractivity contribution in [3.05, 3.63) is 89.6 Å². The molecule has 0 aromatic carbocycles. The molecule has 0 amide bonds. The molecule has 4 heterocycles. The molecule has 0 aliphatic heterocycles. The summed E-state index contributed by atoms with van der Waals surface area (Å²) in [4.78, 5) is 27.5. The summed E-state index contributed by atoms with van der Waals surface area (Å²) < 4.78 is 5.12. The van der Waals surface area contributed by atoms with Crippen LogP contribution in [0.3, 0.4) is 0 Å². The summed E-state index contributed by atoms with van der Waals surface area (Å²) >= 11 is 4.69. The van der Waals surface area contributed by atoms with E-state index in [0.29, 0.717) is 19.5 Å². The van der Waals surface area contributed by atoms with E-state index < -0.39 is 23.1 Å². The molecule has 148 valence electrons. The van der Waals surface area contributed by atoms with Gasteiger partial charge in [0.15, 0.2) is 0 Å². The maximum absolute atomic E-state index is 13.1. The van der Waals surface area contributed by atoms with Crippen LogP contribution >= 0.6 is 45.3 Å². The highest BCUT2D eigenvalue weighted by atomic mass is 32.1. The van der Waals surface area contributed by atoms with Gasteiger partial charge in [-0.15, -0.1) is 45.3 Å². The second kappa shape index (κ2) is 7.94. The summed E-state index contributed by atoms with van der Waals surface area (Å²) in [5.74, 6) is -2.31. The monoisotopic (exact) mass is 462 g/mol. The highest BCUT2D eigenvalue weighted by Crippen LogP contribution is 2.40. The van der Waals surface area contributed by atoms with Crippen LogP contribution in [0.5, 0.6) is 0 Å². The van der Waals surface area contributed by atoms with Crippen molar-refractivity contribution in [2.45, 2.75) is 11.2 Å². The third-order valence-electron chi connectivity index (χ3n) is 4.29.